The highest BCUT2D eigenvalue weighted by molar-refractivity contribution is 5.90. The van der Waals surface area contributed by atoms with E-state index in [-0.39, 0.29) is 5.57 Å². The van der Waals surface area contributed by atoms with Gasteiger partial charge in [0.15, 0.2) is 0 Å². The minimum atomic E-state index is -1.30. The lowest BCUT2D eigenvalue weighted by atomic mass is 9.69. The standard InChI is InChI=1S/C17H19N3O3/c1-16(2,3)17(23)9-8-11(15(21)22)10-14(17)20-18-12-6-4-5-7-13(12)19-20/h4-10,14,23H,1-3H3,(H,21,22). The first-order valence-corrected chi connectivity index (χ1v) is 7.41. The zero-order valence-electron chi connectivity index (χ0n) is 13.3. The van der Waals surface area contributed by atoms with Gasteiger partial charge in [-0.15, -0.1) is 0 Å². The van der Waals surface area contributed by atoms with Crippen molar-refractivity contribution in [3.63, 3.8) is 0 Å². The van der Waals surface area contributed by atoms with E-state index in [1.165, 1.54) is 23.0 Å². The zero-order chi connectivity index (χ0) is 16.8. The van der Waals surface area contributed by atoms with E-state index in [4.69, 9.17) is 0 Å². The van der Waals surface area contributed by atoms with Gasteiger partial charge in [0, 0.05) is 0 Å². The smallest absolute Gasteiger partial charge is 0.335 e. The van der Waals surface area contributed by atoms with Crippen molar-refractivity contribution in [2.45, 2.75) is 32.4 Å². The van der Waals surface area contributed by atoms with Crippen LogP contribution in [0.2, 0.25) is 0 Å². The van der Waals surface area contributed by atoms with Crippen LogP contribution in [0.5, 0.6) is 0 Å². The van der Waals surface area contributed by atoms with Gasteiger partial charge in [0.05, 0.1) is 5.57 Å². The van der Waals surface area contributed by atoms with Crippen LogP contribution in [0.1, 0.15) is 26.8 Å². The number of rotatable bonds is 2. The predicted octanol–water partition coefficient (Wildman–Crippen LogP) is 2.33. The maximum atomic E-state index is 11.3. The second-order valence-corrected chi connectivity index (χ2v) is 6.79. The van der Waals surface area contributed by atoms with Crippen molar-refractivity contribution in [1.82, 2.24) is 15.0 Å². The molecule has 1 aromatic carbocycles. The van der Waals surface area contributed by atoms with Gasteiger partial charge in [-0.3, -0.25) is 0 Å². The molecule has 3 rings (SSSR count). The van der Waals surface area contributed by atoms with Gasteiger partial charge >= 0.3 is 5.97 Å². The number of carboxylic acids is 1. The summed E-state index contributed by atoms with van der Waals surface area (Å²) >= 11 is 0. The minimum absolute atomic E-state index is 0.116. The molecular weight excluding hydrogens is 294 g/mol. The highest BCUT2D eigenvalue weighted by atomic mass is 16.4. The van der Waals surface area contributed by atoms with Crippen LogP contribution in [0, 0.1) is 5.41 Å². The van der Waals surface area contributed by atoms with Crippen molar-refractivity contribution < 1.29 is 15.0 Å². The van der Waals surface area contributed by atoms with Crippen molar-refractivity contribution in [1.29, 1.82) is 0 Å². The highest BCUT2D eigenvalue weighted by Crippen LogP contribution is 2.43. The quantitative estimate of drug-likeness (QED) is 0.888. The topological polar surface area (TPSA) is 88.2 Å². The second kappa shape index (κ2) is 5.03. The maximum absolute atomic E-state index is 11.3. The van der Waals surface area contributed by atoms with Crippen molar-refractivity contribution in [3.8, 4) is 0 Å². The molecule has 0 aliphatic heterocycles. The van der Waals surface area contributed by atoms with Crippen LogP contribution in [-0.2, 0) is 4.79 Å². The lowest BCUT2D eigenvalue weighted by molar-refractivity contribution is -0.132. The molecule has 1 heterocycles. The summed E-state index contributed by atoms with van der Waals surface area (Å²) in [4.78, 5) is 12.7. The Hall–Kier alpha value is -2.47. The van der Waals surface area contributed by atoms with Crippen LogP contribution in [-0.4, -0.2) is 36.8 Å². The monoisotopic (exact) mass is 313 g/mol. The maximum Gasteiger partial charge on any atom is 0.335 e. The first-order chi connectivity index (χ1) is 10.7. The van der Waals surface area contributed by atoms with E-state index < -0.39 is 23.0 Å². The molecule has 0 amide bonds. The molecule has 0 spiro atoms. The third-order valence-corrected chi connectivity index (χ3v) is 4.30. The van der Waals surface area contributed by atoms with E-state index in [2.05, 4.69) is 10.2 Å². The SMILES string of the molecule is CC(C)(C)C1(O)C=CC(C(=O)O)=CC1n1nc2ccccc2n1. The molecule has 6 heteroatoms. The Labute approximate surface area is 133 Å². The molecule has 2 N–H and O–H groups in total. The third kappa shape index (κ3) is 2.45. The van der Waals surface area contributed by atoms with Crippen LogP contribution in [0.15, 0.2) is 48.1 Å². The molecule has 0 fully saturated rings. The molecular formula is C17H19N3O3. The molecule has 120 valence electrons. The summed E-state index contributed by atoms with van der Waals surface area (Å²) in [7, 11) is 0. The average Bonchev–Trinajstić information content (AvgIpc) is 2.89. The molecule has 0 saturated heterocycles. The fraction of sp³-hybridized carbons (Fsp3) is 0.353. The van der Waals surface area contributed by atoms with Crippen molar-refractivity contribution in [2.75, 3.05) is 0 Å². The van der Waals surface area contributed by atoms with Crippen molar-refractivity contribution in [2.24, 2.45) is 5.41 Å². The molecule has 2 atom stereocenters. The van der Waals surface area contributed by atoms with E-state index >= 15 is 0 Å². The lowest BCUT2D eigenvalue weighted by Crippen LogP contribution is -2.49. The minimum Gasteiger partial charge on any atom is -0.478 e. The summed E-state index contributed by atoms with van der Waals surface area (Å²) in [6, 6.07) is 6.67. The van der Waals surface area contributed by atoms with E-state index in [1.54, 1.807) is 0 Å². The van der Waals surface area contributed by atoms with E-state index in [0.29, 0.717) is 11.0 Å². The van der Waals surface area contributed by atoms with Crippen LogP contribution in [0.4, 0.5) is 0 Å². The number of carboxylic acid groups (broad SMARTS) is 1. The number of nitrogens with zero attached hydrogens (tertiary/aromatic N) is 3. The molecule has 0 radical (unpaired) electrons. The predicted molar refractivity (Wildman–Crippen MR) is 85.8 cm³/mol. The Morgan fingerprint density at radius 2 is 1.78 bits per heavy atom. The van der Waals surface area contributed by atoms with Crippen molar-refractivity contribution in [3.05, 3.63) is 48.1 Å². The molecule has 1 aliphatic rings. The summed E-state index contributed by atoms with van der Waals surface area (Å²) in [5, 5.41) is 29.3. The van der Waals surface area contributed by atoms with Gasteiger partial charge in [0.2, 0.25) is 0 Å². The van der Waals surface area contributed by atoms with Gasteiger partial charge in [-0.2, -0.15) is 15.0 Å². The van der Waals surface area contributed by atoms with Gasteiger partial charge in [-0.05, 0) is 35.8 Å². The first-order valence-electron chi connectivity index (χ1n) is 7.41. The molecule has 1 aliphatic carbocycles. The summed E-state index contributed by atoms with van der Waals surface area (Å²) in [6.07, 6.45) is 4.48. The molecule has 1 aromatic heterocycles. The highest BCUT2D eigenvalue weighted by Gasteiger charge is 2.47. The Bertz CT molecular complexity index is 796. The Morgan fingerprint density at radius 1 is 1.22 bits per heavy atom. The largest absolute Gasteiger partial charge is 0.478 e. The third-order valence-electron chi connectivity index (χ3n) is 4.30. The number of aromatic nitrogens is 3. The summed E-state index contributed by atoms with van der Waals surface area (Å²) < 4.78 is 0. The number of hydrogen-bond acceptors (Lipinski definition) is 4. The summed E-state index contributed by atoms with van der Waals surface area (Å²) in [6.45, 7) is 5.69. The number of fused-ring (bicyclic) bond motifs is 1. The molecule has 2 aromatic rings. The number of aliphatic carboxylic acids is 1. The average molecular weight is 313 g/mol. The number of benzene rings is 1. The fourth-order valence-electron chi connectivity index (χ4n) is 2.75. The molecule has 0 saturated carbocycles. The van der Waals surface area contributed by atoms with Crippen LogP contribution >= 0.6 is 0 Å². The zero-order valence-corrected chi connectivity index (χ0v) is 13.3. The number of carbonyl (C=O) groups is 1. The van der Waals surface area contributed by atoms with E-state index in [0.717, 1.165) is 0 Å². The Kier molecular flexibility index (Phi) is 3.37. The van der Waals surface area contributed by atoms with E-state index in [1.807, 2.05) is 45.0 Å². The Morgan fingerprint density at radius 3 is 2.26 bits per heavy atom. The lowest BCUT2D eigenvalue weighted by Gasteiger charge is -2.43. The van der Waals surface area contributed by atoms with Gasteiger partial charge in [0.25, 0.3) is 0 Å². The first kappa shape index (κ1) is 15.4. The van der Waals surface area contributed by atoms with Gasteiger partial charge in [-0.1, -0.05) is 32.9 Å². The molecule has 6 nitrogen and oxygen atoms in total. The molecule has 0 bridgehead atoms. The van der Waals surface area contributed by atoms with Gasteiger partial charge in [0.1, 0.15) is 22.7 Å². The fourth-order valence-corrected chi connectivity index (χ4v) is 2.75. The van der Waals surface area contributed by atoms with Crippen molar-refractivity contribution >= 4 is 17.0 Å². The normalized spacial score (nSPS) is 24.7. The van der Waals surface area contributed by atoms with Gasteiger partial charge < -0.3 is 10.2 Å². The number of aliphatic hydroxyl groups is 1. The number of hydrogen-bond donors (Lipinski definition) is 2. The summed E-state index contributed by atoms with van der Waals surface area (Å²) in [5.74, 6) is -1.04. The van der Waals surface area contributed by atoms with Crippen LogP contribution < -0.4 is 0 Å². The van der Waals surface area contributed by atoms with E-state index in [9.17, 15) is 15.0 Å². The second-order valence-electron chi connectivity index (χ2n) is 6.79. The molecule has 23 heavy (non-hydrogen) atoms. The van der Waals surface area contributed by atoms with Crippen LogP contribution in [0.3, 0.4) is 0 Å². The van der Waals surface area contributed by atoms with Crippen LogP contribution in [0.25, 0.3) is 11.0 Å². The van der Waals surface area contributed by atoms with Gasteiger partial charge in [-0.25, -0.2) is 4.79 Å². The molecule has 2 unspecified atom stereocenters. The Balaban J connectivity index is 2.17. The summed E-state index contributed by atoms with van der Waals surface area (Å²) in [5.41, 5.74) is -0.326.